The molecule has 0 saturated heterocycles. The van der Waals surface area contributed by atoms with E-state index >= 15 is 0 Å². The third-order valence-electron chi connectivity index (χ3n) is 2.95. The van der Waals surface area contributed by atoms with Crippen LogP contribution in [0.25, 0.3) is 0 Å². The predicted octanol–water partition coefficient (Wildman–Crippen LogP) is 2.90. The summed E-state index contributed by atoms with van der Waals surface area (Å²) in [7, 11) is -2.95. The lowest BCUT2D eigenvalue weighted by Gasteiger charge is -2.12. The van der Waals surface area contributed by atoms with E-state index < -0.39 is 9.84 Å². The van der Waals surface area contributed by atoms with Crippen LogP contribution in [0.15, 0.2) is 18.2 Å². The van der Waals surface area contributed by atoms with Gasteiger partial charge in [-0.05, 0) is 45.2 Å². The summed E-state index contributed by atoms with van der Waals surface area (Å²) in [6.07, 6.45) is 0.536. The standard InChI is InChI=1S/C14H22O3S/c1-11(2)18(15,16)10-6-9-17-14-12(3)7-5-8-13(14)4/h5,7-8,11H,6,9-10H2,1-4H3. The van der Waals surface area contributed by atoms with Gasteiger partial charge in [0.15, 0.2) is 9.84 Å². The Morgan fingerprint density at radius 1 is 1.17 bits per heavy atom. The van der Waals surface area contributed by atoms with Gasteiger partial charge in [0.05, 0.1) is 17.6 Å². The molecule has 4 heteroatoms. The van der Waals surface area contributed by atoms with E-state index in [0.717, 1.165) is 16.9 Å². The highest BCUT2D eigenvalue weighted by atomic mass is 32.2. The Bertz CT molecular complexity index is 470. The molecular formula is C14H22O3S. The second kappa shape index (κ2) is 6.23. The van der Waals surface area contributed by atoms with Crippen molar-refractivity contribution in [1.29, 1.82) is 0 Å². The Balaban J connectivity index is 2.49. The number of hydrogen-bond donors (Lipinski definition) is 0. The topological polar surface area (TPSA) is 43.4 Å². The minimum absolute atomic E-state index is 0.190. The molecule has 0 aliphatic heterocycles. The molecule has 0 aliphatic carbocycles. The van der Waals surface area contributed by atoms with Gasteiger partial charge in [-0.1, -0.05) is 18.2 Å². The van der Waals surface area contributed by atoms with Gasteiger partial charge in [-0.3, -0.25) is 0 Å². The van der Waals surface area contributed by atoms with E-state index in [1.807, 2.05) is 32.0 Å². The van der Waals surface area contributed by atoms with E-state index in [2.05, 4.69) is 0 Å². The average Bonchev–Trinajstić information content (AvgIpc) is 2.27. The zero-order chi connectivity index (χ0) is 13.8. The average molecular weight is 270 g/mol. The summed E-state index contributed by atoms with van der Waals surface area (Å²) in [6.45, 7) is 7.85. The van der Waals surface area contributed by atoms with E-state index in [9.17, 15) is 8.42 Å². The van der Waals surface area contributed by atoms with E-state index in [-0.39, 0.29) is 11.0 Å². The Morgan fingerprint density at radius 2 is 1.72 bits per heavy atom. The van der Waals surface area contributed by atoms with Gasteiger partial charge in [-0.25, -0.2) is 8.42 Å². The molecule has 0 fully saturated rings. The molecule has 0 bridgehead atoms. The lowest BCUT2D eigenvalue weighted by Crippen LogP contribution is -2.19. The molecule has 0 saturated carbocycles. The van der Waals surface area contributed by atoms with Crippen LogP contribution < -0.4 is 4.74 Å². The summed E-state index contributed by atoms with van der Waals surface area (Å²) in [5.41, 5.74) is 2.17. The molecule has 0 heterocycles. The minimum atomic E-state index is -2.95. The second-order valence-electron chi connectivity index (χ2n) is 4.84. The van der Waals surface area contributed by atoms with Crippen molar-refractivity contribution in [1.82, 2.24) is 0 Å². The summed E-state index contributed by atoms with van der Waals surface area (Å²) in [5, 5.41) is -0.308. The fourth-order valence-corrected chi connectivity index (χ4v) is 2.69. The van der Waals surface area contributed by atoms with E-state index in [1.165, 1.54) is 0 Å². The maximum Gasteiger partial charge on any atom is 0.152 e. The summed E-state index contributed by atoms with van der Waals surface area (Å²) in [4.78, 5) is 0. The van der Waals surface area contributed by atoms with Crippen LogP contribution in [0, 0.1) is 13.8 Å². The van der Waals surface area contributed by atoms with Crippen LogP contribution >= 0.6 is 0 Å². The highest BCUT2D eigenvalue weighted by Gasteiger charge is 2.15. The van der Waals surface area contributed by atoms with Gasteiger partial charge in [0.2, 0.25) is 0 Å². The molecule has 0 aliphatic rings. The number of para-hydroxylation sites is 1. The van der Waals surface area contributed by atoms with Crippen LogP contribution in [0.3, 0.4) is 0 Å². The van der Waals surface area contributed by atoms with Gasteiger partial charge in [0, 0.05) is 0 Å². The summed E-state index contributed by atoms with van der Waals surface area (Å²) in [5.74, 6) is 1.06. The molecule has 0 amide bonds. The molecular weight excluding hydrogens is 248 g/mol. The molecule has 0 aromatic heterocycles. The first kappa shape index (κ1) is 15.0. The summed E-state index contributed by atoms with van der Waals surface area (Å²) >= 11 is 0. The van der Waals surface area contributed by atoms with Crippen molar-refractivity contribution in [3.05, 3.63) is 29.3 Å². The summed E-state index contributed by atoms with van der Waals surface area (Å²) in [6, 6.07) is 5.97. The number of benzene rings is 1. The van der Waals surface area contributed by atoms with Gasteiger partial charge in [-0.2, -0.15) is 0 Å². The molecule has 1 aromatic rings. The Labute approximate surface area is 110 Å². The highest BCUT2D eigenvalue weighted by Crippen LogP contribution is 2.22. The van der Waals surface area contributed by atoms with Gasteiger partial charge in [0.25, 0.3) is 0 Å². The number of hydrogen-bond acceptors (Lipinski definition) is 3. The molecule has 0 spiro atoms. The lowest BCUT2D eigenvalue weighted by atomic mass is 10.1. The quantitative estimate of drug-likeness (QED) is 0.747. The van der Waals surface area contributed by atoms with Gasteiger partial charge in [-0.15, -0.1) is 0 Å². The highest BCUT2D eigenvalue weighted by molar-refractivity contribution is 7.91. The Morgan fingerprint density at radius 3 is 2.22 bits per heavy atom. The number of rotatable bonds is 6. The van der Waals surface area contributed by atoms with Crippen molar-refractivity contribution in [2.24, 2.45) is 0 Å². The first-order valence-corrected chi connectivity index (χ1v) is 7.96. The van der Waals surface area contributed by atoms with E-state index in [0.29, 0.717) is 13.0 Å². The number of ether oxygens (including phenoxy) is 1. The van der Waals surface area contributed by atoms with Gasteiger partial charge >= 0.3 is 0 Å². The van der Waals surface area contributed by atoms with Gasteiger partial charge in [0.1, 0.15) is 5.75 Å². The van der Waals surface area contributed by atoms with E-state index in [4.69, 9.17) is 4.74 Å². The first-order chi connectivity index (χ1) is 8.34. The fourth-order valence-electron chi connectivity index (χ4n) is 1.70. The Kier molecular flexibility index (Phi) is 5.20. The van der Waals surface area contributed by atoms with Crippen LogP contribution in [0.5, 0.6) is 5.75 Å². The molecule has 0 N–H and O–H groups in total. The third kappa shape index (κ3) is 4.02. The van der Waals surface area contributed by atoms with Gasteiger partial charge < -0.3 is 4.74 Å². The van der Waals surface area contributed by atoms with Crippen molar-refractivity contribution < 1.29 is 13.2 Å². The molecule has 102 valence electrons. The number of sulfone groups is 1. The molecule has 0 radical (unpaired) electrons. The van der Waals surface area contributed by atoms with Crippen molar-refractivity contribution in [3.8, 4) is 5.75 Å². The van der Waals surface area contributed by atoms with Crippen molar-refractivity contribution in [2.45, 2.75) is 39.4 Å². The minimum Gasteiger partial charge on any atom is -0.493 e. The first-order valence-electron chi connectivity index (χ1n) is 6.25. The predicted molar refractivity (Wildman–Crippen MR) is 75.0 cm³/mol. The van der Waals surface area contributed by atoms with E-state index in [1.54, 1.807) is 13.8 Å². The molecule has 18 heavy (non-hydrogen) atoms. The molecule has 0 atom stereocenters. The molecule has 1 rings (SSSR count). The maximum absolute atomic E-state index is 11.6. The van der Waals surface area contributed by atoms with Crippen LogP contribution in [0.4, 0.5) is 0 Å². The SMILES string of the molecule is Cc1cccc(C)c1OCCCS(=O)(=O)C(C)C. The van der Waals surface area contributed by atoms with Crippen molar-refractivity contribution >= 4 is 9.84 Å². The van der Waals surface area contributed by atoms with Crippen LogP contribution in [0.2, 0.25) is 0 Å². The third-order valence-corrected chi connectivity index (χ3v) is 5.24. The van der Waals surface area contributed by atoms with Crippen LogP contribution in [0.1, 0.15) is 31.4 Å². The molecule has 0 unspecified atom stereocenters. The zero-order valence-corrected chi connectivity index (χ0v) is 12.4. The normalized spacial score (nSPS) is 11.8. The lowest BCUT2D eigenvalue weighted by molar-refractivity contribution is 0.313. The fraction of sp³-hybridized carbons (Fsp3) is 0.571. The number of aryl methyl sites for hydroxylation is 2. The van der Waals surface area contributed by atoms with Crippen molar-refractivity contribution in [3.63, 3.8) is 0 Å². The zero-order valence-electron chi connectivity index (χ0n) is 11.6. The Hall–Kier alpha value is -1.03. The monoisotopic (exact) mass is 270 g/mol. The van der Waals surface area contributed by atoms with Crippen molar-refractivity contribution in [2.75, 3.05) is 12.4 Å². The maximum atomic E-state index is 11.6. The summed E-state index contributed by atoms with van der Waals surface area (Å²) < 4.78 is 28.9. The molecule has 1 aromatic carbocycles. The second-order valence-corrected chi connectivity index (χ2v) is 7.52. The molecule has 3 nitrogen and oxygen atoms in total. The van der Waals surface area contributed by atoms with Crippen LogP contribution in [-0.2, 0) is 9.84 Å². The smallest absolute Gasteiger partial charge is 0.152 e. The largest absolute Gasteiger partial charge is 0.493 e. The van der Waals surface area contributed by atoms with Crippen LogP contribution in [-0.4, -0.2) is 26.0 Å².